The van der Waals surface area contributed by atoms with E-state index in [1.54, 1.807) is 0 Å². The van der Waals surface area contributed by atoms with Crippen LogP contribution in [0.2, 0.25) is 0 Å². The summed E-state index contributed by atoms with van der Waals surface area (Å²) in [6.45, 7) is 9.90. The Kier molecular flexibility index (Phi) is 5.63. The summed E-state index contributed by atoms with van der Waals surface area (Å²) in [5.41, 5.74) is -0.436. The maximum absolute atomic E-state index is 10.5. The van der Waals surface area contributed by atoms with E-state index in [1.165, 1.54) is 39.0 Å². The summed E-state index contributed by atoms with van der Waals surface area (Å²) in [5.74, 6) is 0.797. The maximum Gasteiger partial charge on any atom is 0.0771 e. The van der Waals surface area contributed by atoms with E-state index in [4.69, 9.17) is 0 Å². The molecule has 0 aromatic rings. The van der Waals surface area contributed by atoms with Crippen LogP contribution in [0.25, 0.3) is 0 Å². The third kappa shape index (κ3) is 5.03. The van der Waals surface area contributed by atoms with Gasteiger partial charge in [-0.1, -0.05) is 6.92 Å². The Balaban J connectivity index is 1.56. The second-order valence-corrected chi connectivity index (χ2v) is 6.73. The minimum absolute atomic E-state index is 0.436. The first-order valence-electron chi connectivity index (χ1n) is 7.91. The van der Waals surface area contributed by atoms with Crippen molar-refractivity contribution < 1.29 is 5.11 Å². The summed E-state index contributed by atoms with van der Waals surface area (Å²) in [6, 6.07) is 0. The van der Waals surface area contributed by atoms with E-state index < -0.39 is 5.60 Å². The van der Waals surface area contributed by atoms with Crippen LogP contribution in [0.5, 0.6) is 0 Å². The van der Waals surface area contributed by atoms with E-state index in [2.05, 4.69) is 29.1 Å². The van der Waals surface area contributed by atoms with Gasteiger partial charge in [0.25, 0.3) is 0 Å². The molecule has 0 bridgehead atoms. The minimum atomic E-state index is -0.436. The molecule has 4 heteroatoms. The fourth-order valence-corrected chi connectivity index (χ4v) is 3.11. The second kappa shape index (κ2) is 7.02. The van der Waals surface area contributed by atoms with Crippen molar-refractivity contribution in [1.82, 2.24) is 15.1 Å². The van der Waals surface area contributed by atoms with Gasteiger partial charge >= 0.3 is 0 Å². The molecule has 0 amide bonds. The summed E-state index contributed by atoms with van der Waals surface area (Å²) >= 11 is 0. The summed E-state index contributed by atoms with van der Waals surface area (Å²) in [7, 11) is 2.19. The van der Waals surface area contributed by atoms with Gasteiger partial charge in [-0.3, -0.25) is 4.90 Å². The molecule has 1 heterocycles. The monoisotopic (exact) mass is 269 g/mol. The molecule has 2 fully saturated rings. The molecule has 1 saturated carbocycles. The Bertz CT molecular complexity index is 256. The van der Waals surface area contributed by atoms with Crippen molar-refractivity contribution in [2.45, 2.75) is 38.2 Å². The fraction of sp³-hybridized carbons (Fsp3) is 1.00. The smallest absolute Gasteiger partial charge is 0.0771 e. The molecule has 2 aliphatic rings. The van der Waals surface area contributed by atoms with Gasteiger partial charge in [-0.05, 0) is 38.6 Å². The number of nitrogens with one attached hydrogen (secondary N) is 1. The number of rotatable bonds is 5. The molecule has 19 heavy (non-hydrogen) atoms. The van der Waals surface area contributed by atoms with Gasteiger partial charge in [-0.25, -0.2) is 0 Å². The topological polar surface area (TPSA) is 38.7 Å². The molecule has 0 aromatic carbocycles. The van der Waals surface area contributed by atoms with Crippen molar-refractivity contribution in [2.24, 2.45) is 5.92 Å². The lowest BCUT2D eigenvalue weighted by atomic mass is 9.79. The number of hydrogen-bond donors (Lipinski definition) is 2. The number of piperazine rings is 1. The lowest BCUT2D eigenvalue weighted by Gasteiger charge is -2.36. The number of hydrogen-bond acceptors (Lipinski definition) is 4. The van der Waals surface area contributed by atoms with Gasteiger partial charge in [0.15, 0.2) is 0 Å². The van der Waals surface area contributed by atoms with E-state index in [0.717, 1.165) is 38.4 Å². The third-order valence-corrected chi connectivity index (χ3v) is 4.86. The van der Waals surface area contributed by atoms with Crippen LogP contribution in [-0.4, -0.2) is 73.4 Å². The summed E-state index contributed by atoms with van der Waals surface area (Å²) in [6.07, 6.45) is 4.29. The quantitative estimate of drug-likeness (QED) is 0.723. The molecule has 112 valence electrons. The lowest BCUT2D eigenvalue weighted by molar-refractivity contribution is -0.00643. The van der Waals surface area contributed by atoms with Gasteiger partial charge in [0.2, 0.25) is 0 Å². The second-order valence-electron chi connectivity index (χ2n) is 6.73. The van der Waals surface area contributed by atoms with Crippen LogP contribution >= 0.6 is 0 Å². The fourth-order valence-electron chi connectivity index (χ4n) is 3.11. The van der Waals surface area contributed by atoms with Crippen LogP contribution < -0.4 is 5.32 Å². The highest BCUT2D eigenvalue weighted by molar-refractivity contribution is 4.86. The van der Waals surface area contributed by atoms with E-state index >= 15 is 0 Å². The molecule has 2 rings (SSSR count). The van der Waals surface area contributed by atoms with Crippen LogP contribution in [-0.2, 0) is 0 Å². The summed E-state index contributed by atoms with van der Waals surface area (Å²) < 4.78 is 0. The first-order valence-corrected chi connectivity index (χ1v) is 7.91. The Hall–Kier alpha value is -0.160. The average Bonchev–Trinajstić information content (AvgIpc) is 2.41. The van der Waals surface area contributed by atoms with Gasteiger partial charge in [0.1, 0.15) is 0 Å². The minimum Gasteiger partial charge on any atom is -0.389 e. The summed E-state index contributed by atoms with van der Waals surface area (Å²) in [4.78, 5) is 4.90. The molecule has 0 spiro atoms. The normalized spacial score (nSPS) is 34.6. The van der Waals surface area contributed by atoms with Crippen molar-refractivity contribution in [3.05, 3.63) is 0 Å². The van der Waals surface area contributed by atoms with E-state index in [-0.39, 0.29) is 0 Å². The molecule has 0 aromatic heterocycles. The molecular formula is C15H31N3O. The summed E-state index contributed by atoms with van der Waals surface area (Å²) in [5, 5.41) is 13.9. The molecule has 0 atom stereocenters. The van der Waals surface area contributed by atoms with E-state index in [1.807, 2.05) is 0 Å². The Morgan fingerprint density at radius 1 is 1.16 bits per heavy atom. The van der Waals surface area contributed by atoms with Crippen LogP contribution in [0.1, 0.15) is 32.6 Å². The first-order chi connectivity index (χ1) is 9.07. The Morgan fingerprint density at radius 3 is 2.42 bits per heavy atom. The van der Waals surface area contributed by atoms with Crippen LogP contribution in [0.4, 0.5) is 0 Å². The molecule has 1 saturated heterocycles. The van der Waals surface area contributed by atoms with Crippen molar-refractivity contribution >= 4 is 0 Å². The zero-order valence-electron chi connectivity index (χ0n) is 12.7. The number of nitrogens with zero attached hydrogens (tertiary/aromatic N) is 2. The van der Waals surface area contributed by atoms with Gasteiger partial charge in [-0.15, -0.1) is 0 Å². The number of aliphatic hydroxyl groups is 1. The predicted octanol–water partition coefficient (Wildman–Crippen LogP) is 0.765. The predicted molar refractivity (Wildman–Crippen MR) is 79.4 cm³/mol. The number of likely N-dealkylation sites (N-methyl/N-ethyl adjacent to an activating group) is 1. The van der Waals surface area contributed by atoms with Gasteiger partial charge in [-0.2, -0.15) is 0 Å². The molecule has 0 radical (unpaired) electrons. The average molecular weight is 269 g/mol. The van der Waals surface area contributed by atoms with Crippen molar-refractivity contribution in [3.8, 4) is 0 Å². The highest BCUT2D eigenvalue weighted by Crippen LogP contribution is 2.31. The van der Waals surface area contributed by atoms with Crippen LogP contribution in [0.15, 0.2) is 0 Å². The molecule has 1 aliphatic heterocycles. The van der Waals surface area contributed by atoms with Gasteiger partial charge in [0.05, 0.1) is 5.60 Å². The Morgan fingerprint density at radius 2 is 1.79 bits per heavy atom. The highest BCUT2D eigenvalue weighted by Gasteiger charge is 2.31. The van der Waals surface area contributed by atoms with Crippen molar-refractivity contribution in [2.75, 3.05) is 52.9 Å². The SMILES string of the molecule is CC1CCC(O)(CNCCN2CCN(C)CC2)CC1. The lowest BCUT2D eigenvalue weighted by Crippen LogP contribution is -2.48. The van der Waals surface area contributed by atoms with Crippen molar-refractivity contribution in [1.29, 1.82) is 0 Å². The van der Waals surface area contributed by atoms with Crippen LogP contribution in [0, 0.1) is 5.92 Å². The molecule has 2 N–H and O–H groups in total. The maximum atomic E-state index is 10.5. The van der Waals surface area contributed by atoms with Gasteiger partial charge in [0, 0.05) is 45.8 Å². The zero-order valence-corrected chi connectivity index (χ0v) is 12.7. The van der Waals surface area contributed by atoms with E-state index in [9.17, 15) is 5.11 Å². The first kappa shape index (κ1) is 15.2. The highest BCUT2D eigenvalue weighted by atomic mass is 16.3. The van der Waals surface area contributed by atoms with Crippen molar-refractivity contribution in [3.63, 3.8) is 0 Å². The molecular weight excluding hydrogens is 238 g/mol. The molecule has 0 unspecified atom stereocenters. The van der Waals surface area contributed by atoms with E-state index in [0.29, 0.717) is 0 Å². The zero-order chi connectivity index (χ0) is 13.7. The Labute approximate surface area is 118 Å². The van der Waals surface area contributed by atoms with Crippen LogP contribution in [0.3, 0.4) is 0 Å². The largest absolute Gasteiger partial charge is 0.389 e. The molecule has 1 aliphatic carbocycles. The molecule has 4 nitrogen and oxygen atoms in total. The standard InChI is InChI=1S/C15H31N3O/c1-14-3-5-15(19,6-4-14)13-16-7-8-18-11-9-17(2)10-12-18/h14,16,19H,3-13H2,1-2H3. The van der Waals surface area contributed by atoms with Gasteiger partial charge < -0.3 is 15.3 Å². The third-order valence-electron chi connectivity index (χ3n) is 4.86.